The van der Waals surface area contributed by atoms with Crippen LogP contribution in [0.4, 0.5) is 0 Å². The highest BCUT2D eigenvalue weighted by molar-refractivity contribution is 9.11. The zero-order chi connectivity index (χ0) is 28.4. The standard InChI is InChI=1S/C27H34BBr2N3O6/c1-18(2)14-24(28-38-12-10-33(11-13-39-28)17-25(34)35)32-27(37)23(15-19-6-4-3-5-7-19)31-26(36)21-16-20(29)8-9-22(21)30/h3-9,16,18,23-24H,10-15,17H2,1-2H3,(H,31,36)(H,32,37)(H,34,35)/t23-,24-/m0/s1. The normalized spacial score (nSPS) is 16.2. The summed E-state index contributed by atoms with van der Waals surface area (Å²) < 4.78 is 13.3. The van der Waals surface area contributed by atoms with Crippen molar-refractivity contribution in [2.24, 2.45) is 5.92 Å². The Labute approximate surface area is 246 Å². The molecule has 0 aromatic heterocycles. The molecule has 2 aromatic carbocycles. The number of amides is 2. The van der Waals surface area contributed by atoms with Crippen LogP contribution in [-0.2, 0) is 25.3 Å². The topological polar surface area (TPSA) is 117 Å². The molecule has 2 amide bonds. The van der Waals surface area contributed by atoms with Crippen LogP contribution in [0.3, 0.4) is 0 Å². The molecule has 1 heterocycles. The molecule has 0 spiro atoms. The van der Waals surface area contributed by atoms with Crippen LogP contribution in [0, 0.1) is 5.92 Å². The molecule has 0 aliphatic carbocycles. The Kier molecular flexibility index (Phi) is 12.4. The number of nitrogens with zero attached hydrogens (tertiary/aromatic N) is 1. The number of carbonyl (C=O) groups is 3. The van der Waals surface area contributed by atoms with Crippen molar-refractivity contribution in [1.29, 1.82) is 0 Å². The van der Waals surface area contributed by atoms with E-state index in [1.807, 2.05) is 50.2 Å². The molecule has 1 saturated heterocycles. The van der Waals surface area contributed by atoms with E-state index in [9.17, 15) is 14.4 Å². The summed E-state index contributed by atoms with van der Waals surface area (Å²) in [5.74, 6) is -1.85. The summed E-state index contributed by atoms with van der Waals surface area (Å²) >= 11 is 6.82. The van der Waals surface area contributed by atoms with Gasteiger partial charge >= 0.3 is 13.1 Å². The van der Waals surface area contributed by atoms with Gasteiger partial charge in [-0.1, -0.05) is 60.1 Å². The van der Waals surface area contributed by atoms with Crippen LogP contribution in [0.15, 0.2) is 57.5 Å². The van der Waals surface area contributed by atoms with Crippen LogP contribution in [0.25, 0.3) is 0 Å². The second-order valence-electron chi connectivity index (χ2n) is 9.86. The predicted molar refractivity (Wildman–Crippen MR) is 156 cm³/mol. The lowest BCUT2D eigenvalue weighted by Crippen LogP contribution is -2.57. The van der Waals surface area contributed by atoms with Crippen LogP contribution < -0.4 is 10.6 Å². The number of rotatable bonds is 11. The van der Waals surface area contributed by atoms with Gasteiger partial charge in [-0.15, -0.1) is 0 Å². The van der Waals surface area contributed by atoms with Crippen molar-refractivity contribution in [3.63, 3.8) is 0 Å². The molecule has 0 saturated carbocycles. The molecule has 3 rings (SSSR count). The Balaban J connectivity index is 1.76. The van der Waals surface area contributed by atoms with Gasteiger partial charge in [0, 0.05) is 41.7 Å². The predicted octanol–water partition coefficient (Wildman–Crippen LogP) is 3.54. The number of carboxylic acid groups (broad SMARTS) is 1. The highest BCUT2D eigenvalue weighted by Crippen LogP contribution is 2.22. The second kappa shape index (κ2) is 15.5. The lowest BCUT2D eigenvalue weighted by molar-refractivity contribution is -0.138. The van der Waals surface area contributed by atoms with Crippen molar-refractivity contribution in [2.45, 2.75) is 38.7 Å². The largest absolute Gasteiger partial charge is 0.480 e. The van der Waals surface area contributed by atoms with Crippen molar-refractivity contribution in [1.82, 2.24) is 15.5 Å². The van der Waals surface area contributed by atoms with Gasteiger partial charge in [-0.25, -0.2) is 0 Å². The first kappa shape index (κ1) is 31.3. The van der Waals surface area contributed by atoms with Crippen LogP contribution >= 0.6 is 31.9 Å². The summed E-state index contributed by atoms with van der Waals surface area (Å²) in [6.07, 6.45) is 0.896. The Morgan fingerprint density at radius 3 is 2.31 bits per heavy atom. The van der Waals surface area contributed by atoms with Crippen LogP contribution in [0.1, 0.15) is 36.2 Å². The molecule has 2 aromatic rings. The summed E-state index contributed by atoms with van der Waals surface area (Å²) in [7, 11) is -0.698. The molecule has 12 heteroatoms. The number of hydrogen-bond donors (Lipinski definition) is 3. The van der Waals surface area contributed by atoms with Crippen molar-refractivity contribution in [2.75, 3.05) is 32.8 Å². The van der Waals surface area contributed by atoms with Gasteiger partial charge in [-0.3, -0.25) is 19.3 Å². The number of nitrogens with one attached hydrogen (secondary N) is 2. The van der Waals surface area contributed by atoms with E-state index in [0.29, 0.717) is 36.0 Å². The monoisotopic (exact) mass is 665 g/mol. The van der Waals surface area contributed by atoms with E-state index in [0.717, 1.165) is 10.0 Å². The van der Waals surface area contributed by atoms with Gasteiger partial charge in [-0.05, 0) is 52.0 Å². The maximum Gasteiger partial charge on any atom is 0.480 e. The molecular weight excluding hydrogens is 633 g/mol. The molecular formula is C27H34BBr2N3O6. The highest BCUT2D eigenvalue weighted by atomic mass is 79.9. The molecule has 9 nitrogen and oxygen atoms in total. The lowest BCUT2D eigenvalue weighted by atomic mass is 9.73. The summed E-state index contributed by atoms with van der Waals surface area (Å²) in [6, 6.07) is 13.9. The first-order valence-corrected chi connectivity index (χ1v) is 14.5. The van der Waals surface area contributed by atoms with E-state index in [-0.39, 0.29) is 37.5 Å². The molecule has 1 aliphatic heterocycles. The first-order chi connectivity index (χ1) is 18.6. The third kappa shape index (κ3) is 10.3. The Morgan fingerprint density at radius 1 is 1.03 bits per heavy atom. The van der Waals surface area contributed by atoms with E-state index in [2.05, 4.69) is 42.5 Å². The fourth-order valence-corrected chi connectivity index (χ4v) is 5.12. The SMILES string of the molecule is CC(C)C[C@H](NC(=O)[C@H](Cc1ccccc1)NC(=O)c1cc(Br)ccc1Br)B1OCCN(CC(=O)O)CCO1. The van der Waals surface area contributed by atoms with E-state index in [1.54, 1.807) is 17.0 Å². The molecule has 0 unspecified atom stereocenters. The average molecular weight is 667 g/mol. The molecule has 39 heavy (non-hydrogen) atoms. The summed E-state index contributed by atoms with van der Waals surface area (Å²) in [4.78, 5) is 39.8. The number of hydrogen-bond acceptors (Lipinski definition) is 6. The molecule has 1 aliphatic rings. The molecule has 2 atom stereocenters. The third-order valence-electron chi connectivity index (χ3n) is 6.20. The lowest BCUT2D eigenvalue weighted by Gasteiger charge is -2.31. The number of halogens is 2. The van der Waals surface area contributed by atoms with E-state index < -0.39 is 25.1 Å². The first-order valence-electron chi connectivity index (χ1n) is 12.9. The summed E-state index contributed by atoms with van der Waals surface area (Å²) in [6.45, 7) is 5.44. The molecule has 210 valence electrons. The maximum absolute atomic E-state index is 13.7. The smallest absolute Gasteiger partial charge is 0.480 e. The van der Waals surface area contributed by atoms with Gasteiger partial charge in [0.1, 0.15) is 6.04 Å². The third-order valence-corrected chi connectivity index (χ3v) is 7.38. The Bertz CT molecular complexity index is 1110. The number of carbonyl (C=O) groups excluding carboxylic acids is 2. The van der Waals surface area contributed by atoms with Gasteiger partial charge in [0.05, 0.1) is 18.0 Å². The molecule has 0 bridgehead atoms. The zero-order valence-electron chi connectivity index (χ0n) is 22.1. The number of carboxylic acids is 1. The van der Waals surface area contributed by atoms with Gasteiger partial charge in [0.15, 0.2) is 0 Å². The minimum atomic E-state index is -0.904. The Hall–Kier alpha value is -2.25. The van der Waals surface area contributed by atoms with E-state index in [4.69, 9.17) is 14.4 Å². The Morgan fingerprint density at radius 2 is 1.69 bits per heavy atom. The zero-order valence-corrected chi connectivity index (χ0v) is 25.2. The quantitative estimate of drug-likeness (QED) is 0.314. The van der Waals surface area contributed by atoms with E-state index in [1.165, 1.54) is 0 Å². The summed E-state index contributed by atoms with van der Waals surface area (Å²) in [5, 5.41) is 15.1. The minimum Gasteiger partial charge on any atom is -0.480 e. The average Bonchev–Trinajstić information content (AvgIpc) is 2.86. The van der Waals surface area contributed by atoms with Crippen LogP contribution in [-0.4, -0.2) is 79.7 Å². The fourth-order valence-electron chi connectivity index (χ4n) is 4.33. The molecule has 1 fully saturated rings. The van der Waals surface area contributed by atoms with Crippen LogP contribution in [0.2, 0.25) is 0 Å². The van der Waals surface area contributed by atoms with Crippen LogP contribution in [0.5, 0.6) is 0 Å². The van der Waals surface area contributed by atoms with Crippen molar-refractivity contribution in [3.05, 3.63) is 68.6 Å². The van der Waals surface area contributed by atoms with Gasteiger partial charge in [0.2, 0.25) is 5.91 Å². The maximum atomic E-state index is 13.7. The van der Waals surface area contributed by atoms with Gasteiger partial charge < -0.3 is 25.0 Å². The van der Waals surface area contributed by atoms with Crippen molar-refractivity contribution in [3.8, 4) is 0 Å². The van der Waals surface area contributed by atoms with Crippen molar-refractivity contribution < 1.29 is 28.8 Å². The molecule has 3 N–H and O–H groups in total. The molecule has 0 radical (unpaired) electrons. The number of aliphatic carboxylic acids is 1. The van der Waals surface area contributed by atoms with Gasteiger partial charge in [-0.2, -0.15) is 0 Å². The number of benzene rings is 2. The van der Waals surface area contributed by atoms with Crippen molar-refractivity contribution >= 4 is 56.8 Å². The van der Waals surface area contributed by atoms with Gasteiger partial charge in [0.25, 0.3) is 5.91 Å². The second-order valence-corrected chi connectivity index (χ2v) is 11.6. The summed E-state index contributed by atoms with van der Waals surface area (Å²) in [5.41, 5.74) is 1.32. The highest BCUT2D eigenvalue weighted by Gasteiger charge is 2.36. The fraction of sp³-hybridized carbons (Fsp3) is 0.444. The van der Waals surface area contributed by atoms with E-state index >= 15 is 0 Å². The minimum absolute atomic E-state index is 0.0848.